The van der Waals surface area contributed by atoms with Gasteiger partial charge in [0.15, 0.2) is 0 Å². The molecule has 11 unspecified atom stereocenters. The Morgan fingerprint density at radius 2 is 0.613 bits per heavy atom. The third-order valence-corrected chi connectivity index (χ3v) is 22.5. The summed E-state index contributed by atoms with van der Waals surface area (Å²) in [5.74, 6) is -1.06. The van der Waals surface area contributed by atoms with Crippen molar-refractivity contribution in [3.8, 4) is 0 Å². The van der Waals surface area contributed by atoms with Gasteiger partial charge in [-0.25, -0.2) is 0 Å². The van der Waals surface area contributed by atoms with Crippen molar-refractivity contribution in [3.63, 3.8) is 0 Å². The predicted octanol–water partition coefficient (Wildman–Crippen LogP) is 15.8. The number of para-hydroxylation sites is 7. The van der Waals surface area contributed by atoms with Gasteiger partial charge in [0.05, 0.1) is 0 Å². The molecule has 5 aliphatic carbocycles. The summed E-state index contributed by atoms with van der Waals surface area (Å²) in [5, 5.41) is 0. The molecule has 0 aromatic heterocycles. The molecule has 4 fully saturated rings. The molecule has 9 aliphatic rings. The lowest BCUT2D eigenvalue weighted by atomic mass is 9.63. The van der Waals surface area contributed by atoms with Gasteiger partial charge in [0.25, 0.3) is 0 Å². The van der Waals surface area contributed by atoms with E-state index in [0.717, 1.165) is 6.42 Å². The third-order valence-electron chi connectivity index (χ3n) is 22.5. The molecule has 0 saturated heterocycles. The normalized spacial score (nSPS) is 30.6. The van der Waals surface area contributed by atoms with E-state index in [9.17, 15) is 0 Å². The van der Waals surface area contributed by atoms with E-state index >= 15 is 9.59 Å². The second-order valence-corrected chi connectivity index (χ2v) is 27.3. The van der Waals surface area contributed by atoms with Crippen LogP contribution in [0.1, 0.15) is 114 Å². The van der Waals surface area contributed by atoms with Gasteiger partial charge in [-0.3, -0.25) is 9.59 Å². The maximum atomic E-state index is 17.4. The molecule has 7 aromatic rings. The number of carbonyl (C=O) groups is 2. The highest BCUT2D eigenvalue weighted by Gasteiger charge is 2.75. The number of carbonyl (C=O) groups excluding carboxylic acids is 2. The molecule has 6 nitrogen and oxygen atoms in total. The van der Waals surface area contributed by atoms with Crippen LogP contribution in [0.2, 0.25) is 0 Å². The first-order chi connectivity index (χ1) is 38.6. The van der Waals surface area contributed by atoms with Crippen molar-refractivity contribution >= 4 is 51.4 Å². The molecule has 0 radical (unpaired) electrons. The molecule has 4 aliphatic heterocycles. The van der Waals surface area contributed by atoms with Crippen molar-refractivity contribution in [2.75, 3.05) is 19.6 Å². The summed E-state index contributed by atoms with van der Waals surface area (Å²) in [4.78, 5) is 45.4. The van der Waals surface area contributed by atoms with E-state index in [0.29, 0.717) is 24.4 Å². The van der Waals surface area contributed by atoms with Gasteiger partial charge in [-0.1, -0.05) is 195 Å². The van der Waals surface area contributed by atoms with Crippen molar-refractivity contribution < 1.29 is 9.59 Å². The molecule has 11 atom stereocenters. The van der Waals surface area contributed by atoms with Crippen LogP contribution in [0.15, 0.2) is 194 Å². The molecule has 400 valence electrons. The maximum absolute atomic E-state index is 17.4. The van der Waals surface area contributed by atoms with Gasteiger partial charge in [-0.2, -0.15) is 0 Å². The van der Waals surface area contributed by atoms with Crippen LogP contribution in [0.5, 0.6) is 0 Å². The van der Waals surface area contributed by atoms with Gasteiger partial charge < -0.3 is 19.6 Å². The van der Waals surface area contributed by atoms with E-state index in [2.05, 4.69) is 263 Å². The van der Waals surface area contributed by atoms with E-state index in [4.69, 9.17) is 0 Å². The fourth-order valence-corrected chi connectivity index (χ4v) is 19.2. The number of allylic oxidation sites excluding steroid dienone is 4. The van der Waals surface area contributed by atoms with Gasteiger partial charge in [0.2, 0.25) is 0 Å². The summed E-state index contributed by atoms with van der Waals surface area (Å²) in [6.45, 7) is 19.0. The number of Topliss-reactive ketones (excluding diaryl/α,β-unsaturated/α-hetero) is 2. The molecule has 0 N–H and O–H groups in total. The molecule has 80 heavy (non-hydrogen) atoms. The monoisotopic (exact) mass is 1050 g/mol. The van der Waals surface area contributed by atoms with Crippen molar-refractivity contribution in [2.24, 2.45) is 41.4 Å². The van der Waals surface area contributed by atoms with E-state index < -0.39 is 17.8 Å². The highest BCUT2D eigenvalue weighted by molar-refractivity contribution is 6.00. The van der Waals surface area contributed by atoms with E-state index in [1.807, 2.05) is 0 Å². The van der Waals surface area contributed by atoms with Gasteiger partial charge >= 0.3 is 0 Å². The number of nitrogens with zero attached hydrogens (tertiary/aromatic N) is 4. The van der Waals surface area contributed by atoms with Crippen LogP contribution < -0.4 is 19.6 Å². The molecule has 7 aromatic carbocycles. The van der Waals surface area contributed by atoms with Crippen LogP contribution in [0.3, 0.4) is 0 Å². The number of fused-ring (bicyclic) bond motifs is 8. The van der Waals surface area contributed by atoms with Crippen molar-refractivity contribution in [2.45, 2.75) is 120 Å². The molecule has 4 saturated carbocycles. The average molecular weight is 1050 g/mol. The molecule has 6 heteroatoms. The summed E-state index contributed by atoms with van der Waals surface area (Å²) < 4.78 is 0. The first kappa shape index (κ1) is 48.5. The molecule has 0 spiro atoms. The number of ketones is 2. The second-order valence-electron chi connectivity index (χ2n) is 27.3. The van der Waals surface area contributed by atoms with Gasteiger partial charge in [0.1, 0.15) is 11.6 Å². The molecular weight excluding hydrogens is 977 g/mol. The zero-order valence-corrected chi connectivity index (χ0v) is 47.5. The first-order valence-corrected chi connectivity index (χ1v) is 29.9. The lowest BCUT2D eigenvalue weighted by molar-refractivity contribution is -0.133. The topological polar surface area (TPSA) is 47.1 Å². The minimum atomic E-state index is -0.403. The SMILES string of the molecule is CC1(C)c2ccccc2N(C2CC(N3C4=CC=CCC4C(C)(C)c4ccccc43)C3C(=O)C4C5C(C(=O)C2C35)C(N2c3ccccc3C(C)(C)c3ccccc32)CC4N2c3ccccc3C(C)(C)c3ccccc32)c2ccccc21. The van der Waals surface area contributed by atoms with Crippen LogP contribution in [0, 0.1) is 41.4 Å². The molecule has 16 rings (SSSR count). The van der Waals surface area contributed by atoms with E-state index in [-0.39, 0.29) is 69.5 Å². The number of rotatable bonds is 4. The second kappa shape index (κ2) is 16.6. The first-order valence-electron chi connectivity index (χ1n) is 29.9. The molecular formula is C74H72N4O2. The Bertz CT molecular complexity index is 3710. The van der Waals surface area contributed by atoms with Crippen molar-refractivity contribution in [1.82, 2.24) is 0 Å². The van der Waals surface area contributed by atoms with Crippen LogP contribution >= 0.6 is 0 Å². The van der Waals surface area contributed by atoms with E-state index in [1.165, 1.54) is 84.5 Å². The number of hydrogen-bond acceptors (Lipinski definition) is 6. The average Bonchev–Trinajstić information content (AvgIpc) is 4.15. The Kier molecular flexibility index (Phi) is 10.0. The summed E-state index contributed by atoms with van der Waals surface area (Å²) >= 11 is 0. The largest absolute Gasteiger partial charge is 0.341 e. The highest BCUT2D eigenvalue weighted by atomic mass is 16.1. The number of anilines is 7. The van der Waals surface area contributed by atoms with Crippen LogP contribution in [0.4, 0.5) is 39.8 Å². The Hall–Kier alpha value is -7.44. The fourth-order valence-electron chi connectivity index (χ4n) is 19.2. The predicted molar refractivity (Wildman–Crippen MR) is 324 cm³/mol. The third kappa shape index (κ3) is 6.10. The smallest absolute Gasteiger partial charge is 0.143 e. The number of hydrogen-bond donors (Lipinski definition) is 0. The van der Waals surface area contributed by atoms with Gasteiger partial charge in [-0.15, -0.1) is 0 Å². The van der Waals surface area contributed by atoms with Crippen LogP contribution in [0.25, 0.3) is 0 Å². The summed E-state index contributed by atoms with van der Waals surface area (Å²) in [6, 6.07) is 62.3. The zero-order valence-electron chi connectivity index (χ0n) is 47.5. The Labute approximate surface area is 472 Å². The Morgan fingerprint density at radius 1 is 0.350 bits per heavy atom. The Morgan fingerprint density at radius 3 is 0.925 bits per heavy atom. The van der Waals surface area contributed by atoms with Crippen LogP contribution in [-0.2, 0) is 31.2 Å². The lowest BCUT2D eigenvalue weighted by Crippen LogP contribution is -2.61. The molecule has 0 amide bonds. The number of benzene rings is 7. The minimum Gasteiger partial charge on any atom is -0.341 e. The van der Waals surface area contributed by atoms with Crippen molar-refractivity contribution in [3.05, 3.63) is 233 Å². The summed E-state index contributed by atoms with van der Waals surface area (Å²) in [6.07, 6.45) is 9.22. The fraction of sp³-hybridized carbons (Fsp3) is 0.351. The van der Waals surface area contributed by atoms with Crippen LogP contribution in [-0.4, -0.2) is 35.7 Å². The maximum Gasteiger partial charge on any atom is 0.143 e. The van der Waals surface area contributed by atoms with E-state index in [1.54, 1.807) is 0 Å². The quantitative estimate of drug-likeness (QED) is 0.175. The highest BCUT2D eigenvalue weighted by Crippen LogP contribution is 2.69. The van der Waals surface area contributed by atoms with Crippen molar-refractivity contribution in [1.29, 1.82) is 0 Å². The Balaban J connectivity index is 0.978. The van der Waals surface area contributed by atoms with Gasteiger partial charge in [-0.05, 0) is 119 Å². The molecule has 0 bridgehead atoms. The summed E-state index contributed by atoms with van der Waals surface area (Å²) in [7, 11) is 0. The minimum absolute atomic E-state index is 0.143. The molecule has 4 heterocycles. The zero-order chi connectivity index (χ0) is 54.5. The summed E-state index contributed by atoms with van der Waals surface area (Å²) in [5.41, 5.74) is 17.6. The lowest BCUT2D eigenvalue weighted by Gasteiger charge is -2.57. The standard InChI is InChI=1S/C74H72N4O2/c1-71(2)43-25-9-17-33-51(43)75(52-34-18-10-26-44(52)71)59-41-60(76-53-35-19-11-27-45(53)72(3,4)46-28-12-20-36-54(46)76)64-67-63(59)69(79)65-61(77-55-37-21-13-29-47(55)73(5,6)48-30-14-22-38-56(48)77)42-62(66(68(65)67)70(64)80)78-57-39-23-15-31-49(57)74(7,8)50-32-16-24-40-58(50)78/h9-31,33-40,50,59-68H,32,41-42H2,1-8H3. The van der Waals surface area contributed by atoms with Gasteiger partial charge in [0, 0.05) is 121 Å².